The number of likely N-dealkylation sites (tertiary alicyclic amines) is 1. The van der Waals surface area contributed by atoms with Gasteiger partial charge in [0, 0.05) is 19.0 Å². The molecule has 1 fully saturated rings. The Hall–Kier alpha value is -1.55. The molecule has 1 aromatic carbocycles. The van der Waals surface area contributed by atoms with E-state index < -0.39 is 0 Å². The Bertz CT molecular complexity index is 442. The van der Waals surface area contributed by atoms with Crippen molar-refractivity contribution in [2.75, 3.05) is 26.7 Å². The molecule has 0 aliphatic carbocycles. The number of nitrogens with one attached hydrogen (secondary N) is 1. The predicted molar refractivity (Wildman–Crippen MR) is 79.8 cm³/mol. The van der Waals surface area contributed by atoms with Crippen molar-refractivity contribution in [2.24, 2.45) is 0 Å². The van der Waals surface area contributed by atoms with Crippen LogP contribution in [0.5, 0.6) is 5.75 Å². The van der Waals surface area contributed by atoms with Crippen LogP contribution in [-0.4, -0.2) is 37.6 Å². The number of para-hydroxylation sites is 1. The molecule has 110 valence electrons. The van der Waals surface area contributed by atoms with Crippen LogP contribution >= 0.6 is 0 Å². The summed E-state index contributed by atoms with van der Waals surface area (Å²) in [4.78, 5) is 13.7. The normalized spacial score (nSPS) is 17.5. The SMILES string of the molecule is COc1ccccc1C(CNC(C)=O)N1CCCCC1. The second-order valence-corrected chi connectivity index (χ2v) is 5.29. The Morgan fingerprint density at radius 1 is 1.30 bits per heavy atom. The quantitative estimate of drug-likeness (QED) is 0.897. The predicted octanol–water partition coefficient (Wildman–Crippen LogP) is 2.36. The summed E-state index contributed by atoms with van der Waals surface area (Å²) in [5.74, 6) is 0.912. The lowest BCUT2D eigenvalue weighted by molar-refractivity contribution is -0.119. The van der Waals surface area contributed by atoms with Crippen LogP contribution in [0.3, 0.4) is 0 Å². The monoisotopic (exact) mass is 276 g/mol. The molecule has 1 atom stereocenters. The van der Waals surface area contributed by atoms with Crippen molar-refractivity contribution in [3.63, 3.8) is 0 Å². The number of rotatable bonds is 5. The minimum Gasteiger partial charge on any atom is -0.496 e. The van der Waals surface area contributed by atoms with Gasteiger partial charge in [-0.15, -0.1) is 0 Å². The Kier molecular flexibility index (Phi) is 5.41. The van der Waals surface area contributed by atoms with Crippen LogP contribution < -0.4 is 10.1 Å². The van der Waals surface area contributed by atoms with Gasteiger partial charge in [0.1, 0.15) is 5.75 Å². The number of benzene rings is 1. The minimum absolute atomic E-state index is 0.0157. The highest BCUT2D eigenvalue weighted by Crippen LogP contribution is 2.30. The Morgan fingerprint density at radius 3 is 2.65 bits per heavy atom. The highest BCUT2D eigenvalue weighted by atomic mass is 16.5. The van der Waals surface area contributed by atoms with Gasteiger partial charge in [-0.3, -0.25) is 9.69 Å². The molecule has 1 N–H and O–H groups in total. The first-order valence-corrected chi connectivity index (χ1v) is 7.33. The van der Waals surface area contributed by atoms with Crippen LogP contribution in [0, 0.1) is 0 Å². The maximum atomic E-state index is 11.3. The number of ether oxygens (including phenoxy) is 1. The fourth-order valence-electron chi connectivity index (χ4n) is 2.85. The zero-order valence-corrected chi connectivity index (χ0v) is 12.4. The summed E-state index contributed by atoms with van der Waals surface area (Å²) < 4.78 is 5.48. The maximum absolute atomic E-state index is 11.3. The van der Waals surface area contributed by atoms with E-state index in [2.05, 4.69) is 16.3 Å². The van der Waals surface area contributed by atoms with Gasteiger partial charge in [-0.25, -0.2) is 0 Å². The van der Waals surface area contributed by atoms with Crippen molar-refractivity contribution in [1.82, 2.24) is 10.2 Å². The molecule has 0 saturated carbocycles. The Labute approximate surface area is 121 Å². The summed E-state index contributed by atoms with van der Waals surface area (Å²) in [6, 6.07) is 8.28. The first kappa shape index (κ1) is 14.9. The topological polar surface area (TPSA) is 41.6 Å². The number of nitrogens with zero attached hydrogens (tertiary/aromatic N) is 1. The van der Waals surface area contributed by atoms with Crippen molar-refractivity contribution >= 4 is 5.91 Å². The number of carbonyl (C=O) groups excluding carboxylic acids is 1. The van der Waals surface area contributed by atoms with Gasteiger partial charge in [0.25, 0.3) is 0 Å². The molecule has 0 bridgehead atoms. The number of carbonyl (C=O) groups is 1. The summed E-state index contributed by atoms with van der Waals surface area (Å²) in [6.07, 6.45) is 3.76. The number of methoxy groups -OCH3 is 1. The third kappa shape index (κ3) is 3.73. The second-order valence-electron chi connectivity index (χ2n) is 5.29. The molecule has 0 spiro atoms. The Morgan fingerprint density at radius 2 is 2.00 bits per heavy atom. The lowest BCUT2D eigenvalue weighted by Crippen LogP contribution is -2.40. The van der Waals surface area contributed by atoms with E-state index in [-0.39, 0.29) is 11.9 Å². The number of hydrogen-bond acceptors (Lipinski definition) is 3. The van der Waals surface area contributed by atoms with E-state index in [4.69, 9.17) is 4.74 Å². The molecule has 1 unspecified atom stereocenters. The van der Waals surface area contributed by atoms with E-state index in [1.54, 1.807) is 14.0 Å². The van der Waals surface area contributed by atoms with E-state index >= 15 is 0 Å². The van der Waals surface area contributed by atoms with Gasteiger partial charge >= 0.3 is 0 Å². The van der Waals surface area contributed by atoms with Crippen LogP contribution in [-0.2, 0) is 4.79 Å². The van der Waals surface area contributed by atoms with Gasteiger partial charge in [-0.1, -0.05) is 24.6 Å². The number of hydrogen-bond donors (Lipinski definition) is 1. The molecule has 1 aromatic rings. The average Bonchev–Trinajstić information content (AvgIpc) is 2.49. The van der Waals surface area contributed by atoms with Crippen LogP contribution in [0.4, 0.5) is 0 Å². The van der Waals surface area contributed by atoms with Crippen LogP contribution in [0.2, 0.25) is 0 Å². The molecule has 1 amide bonds. The summed E-state index contributed by atoms with van der Waals surface area (Å²) in [5.41, 5.74) is 1.16. The fourth-order valence-corrected chi connectivity index (χ4v) is 2.85. The minimum atomic E-state index is 0.0157. The van der Waals surface area contributed by atoms with Crippen molar-refractivity contribution in [3.8, 4) is 5.75 Å². The van der Waals surface area contributed by atoms with Crippen molar-refractivity contribution in [3.05, 3.63) is 29.8 Å². The third-order valence-corrected chi connectivity index (χ3v) is 3.87. The van der Waals surface area contributed by atoms with E-state index in [0.717, 1.165) is 24.4 Å². The van der Waals surface area contributed by atoms with Crippen LogP contribution in [0.1, 0.15) is 37.8 Å². The molecule has 1 aliphatic rings. The molecule has 1 aliphatic heterocycles. The molecule has 0 aromatic heterocycles. The fraction of sp³-hybridized carbons (Fsp3) is 0.562. The van der Waals surface area contributed by atoms with Gasteiger partial charge < -0.3 is 10.1 Å². The van der Waals surface area contributed by atoms with Gasteiger partial charge in [0.05, 0.1) is 13.2 Å². The van der Waals surface area contributed by atoms with Gasteiger partial charge in [0.15, 0.2) is 0 Å². The second kappa shape index (κ2) is 7.29. The molecule has 1 saturated heterocycles. The zero-order chi connectivity index (χ0) is 14.4. The maximum Gasteiger partial charge on any atom is 0.216 e. The van der Waals surface area contributed by atoms with Crippen molar-refractivity contribution in [1.29, 1.82) is 0 Å². The average molecular weight is 276 g/mol. The molecule has 4 nitrogen and oxygen atoms in total. The first-order valence-electron chi connectivity index (χ1n) is 7.33. The van der Waals surface area contributed by atoms with Crippen LogP contribution in [0.15, 0.2) is 24.3 Å². The van der Waals surface area contributed by atoms with Gasteiger partial charge in [-0.05, 0) is 32.0 Å². The van der Waals surface area contributed by atoms with Gasteiger partial charge in [0.2, 0.25) is 5.91 Å². The first-order chi connectivity index (χ1) is 9.72. The third-order valence-electron chi connectivity index (χ3n) is 3.87. The summed E-state index contributed by atoms with van der Waals surface area (Å²) in [7, 11) is 1.70. The molecular formula is C16H24N2O2. The van der Waals surface area contributed by atoms with E-state index in [0.29, 0.717) is 6.54 Å². The Balaban J connectivity index is 2.21. The molecule has 0 radical (unpaired) electrons. The number of amides is 1. The highest BCUT2D eigenvalue weighted by molar-refractivity contribution is 5.72. The molecular weight excluding hydrogens is 252 g/mol. The van der Waals surface area contributed by atoms with Gasteiger partial charge in [-0.2, -0.15) is 0 Å². The largest absolute Gasteiger partial charge is 0.496 e. The van der Waals surface area contributed by atoms with Crippen LogP contribution in [0.25, 0.3) is 0 Å². The summed E-state index contributed by atoms with van der Waals surface area (Å²) >= 11 is 0. The zero-order valence-electron chi connectivity index (χ0n) is 12.4. The highest BCUT2D eigenvalue weighted by Gasteiger charge is 2.24. The number of piperidine rings is 1. The van der Waals surface area contributed by atoms with E-state index in [1.807, 2.05) is 18.2 Å². The lowest BCUT2D eigenvalue weighted by Gasteiger charge is -2.35. The van der Waals surface area contributed by atoms with E-state index in [1.165, 1.54) is 19.3 Å². The molecule has 2 rings (SSSR count). The molecule has 4 heteroatoms. The summed E-state index contributed by atoms with van der Waals surface area (Å²) in [6.45, 7) is 4.37. The standard InChI is InChI=1S/C16H24N2O2/c1-13(19)17-12-15(18-10-6-3-7-11-18)14-8-4-5-9-16(14)20-2/h4-5,8-9,15H,3,6-7,10-12H2,1-2H3,(H,17,19). The smallest absolute Gasteiger partial charge is 0.216 e. The van der Waals surface area contributed by atoms with Crippen molar-refractivity contribution < 1.29 is 9.53 Å². The summed E-state index contributed by atoms with van der Waals surface area (Å²) in [5, 5.41) is 2.96. The molecule has 20 heavy (non-hydrogen) atoms. The van der Waals surface area contributed by atoms with E-state index in [9.17, 15) is 4.79 Å². The molecule has 1 heterocycles. The lowest BCUT2D eigenvalue weighted by atomic mass is 10.0. The van der Waals surface area contributed by atoms with Crippen molar-refractivity contribution in [2.45, 2.75) is 32.2 Å².